The second-order valence-electron chi connectivity index (χ2n) is 2.82. The van der Waals surface area contributed by atoms with E-state index in [1.807, 2.05) is 0 Å². The van der Waals surface area contributed by atoms with Crippen molar-refractivity contribution >= 4 is 23.5 Å². The molecule has 1 N–H and O–H groups in total. The van der Waals surface area contributed by atoms with Gasteiger partial charge in [0.05, 0.1) is 0 Å². The fourth-order valence-electron chi connectivity index (χ4n) is 1.32. The van der Waals surface area contributed by atoms with Crippen LogP contribution in [0.5, 0.6) is 0 Å². The van der Waals surface area contributed by atoms with Gasteiger partial charge in [0.2, 0.25) is 5.69 Å². The van der Waals surface area contributed by atoms with Gasteiger partial charge in [0.1, 0.15) is 0 Å². The summed E-state index contributed by atoms with van der Waals surface area (Å²) in [5.41, 5.74) is 0.263. The molecule has 70 valence electrons. The highest BCUT2D eigenvalue weighted by atomic mass is 16.5. The minimum atomic E-state index is -0.456. The largest absolute Gasteiger partial charge is 0.623 e. The highest BCUT2D eigenvalue weighted by Crippen LogP contribution is 2.21. The minimum absolute atomic E-state index is 0.237. The summed E-state index contributed by atoms with van der Waals surface area (Å²) in [5, 5.41) is 22.4. The van der Waals surface area contributed by atoms with Gasteiger partial charge in [-0.25, -0.2) is 4.79 Å². The number of hydrogen-bond acceptors (Lipinski definition) is 3. The Morgan fingerprint density at radius 1 is 1.36 bits per heavy atom. The third-order valence-electron chi connectivity index (χ3n) is 1.99. The van der Waals surface area contributed by atoms with Gasteiger partial charge in [-0.05, 0) is 0 Å². The molecular weight excluding hydrogens is 184 g/mol. The van der Waals surface area contributed by atoms with Crippen LogP contribution in [0.1, 0.15) is 0 Å². The van der Waals surface area contributed by atoms with Crippen LogP contribution in [0.15, 0.2) is 30.0 Å². The third kappa shape index (κ3) is 1.13. The first-order valence-electron chi connectivity index (χ1n) is 3.94. The second-order valence-corrected chi connectivity index (χ2v) is 2.82. The van der Waals surface area contributed by atoms with Crippen LogP contribution in [0.25, 0.3) is 0 Å². The minimum Gasteiger partial charge on any atom is -0.623 e. The molecule has 1 aliphatic rings. The number of nitrogens with zero attached hydrogens (tertiary/aromatic N) is 1. The maximum absolute atomic E-state index is 11.5. The van der Waals surface area contributed by atoms with Crippen molar-refractivity contribution in [3.05, 3.63) is 40.4 Å². The average Bonchev–Trinajstić information content (AvgIpc) is 2.23. The van der Waals surface area contributed by atoms with Crippen LogP contribution in [-0.2, 0) is 4.79 Å². The monoisotopic (exact) mass is 190 g/mol. The van der Waals surface area contributed by atoms with Crippen molar-refractivity contribution in [3.63, 3.8) is 0 Å². The first-order chi connectivity index (χ1) is 6.74. The lowest BCUT2D eigenvalue weighted by atomic mass is 10.2. The zero-order chi connectivity index (χ0) is 10.1. The molecule has 1 unspecified atom stereocenters. The lowest BCUT2D eigenvalue weighted by molar-refractivity contribution is -0.730. The zero-order valence-corrected chi connectivity index (χ0v) is 7.06. The van der Waals surface area contributed by atoms with Gasteiger partial charge < -0.3 is 10.4 Å². The Labute approximate surface area is 79.4 Å². The van der Waals surface area contributed by atoms with E-state index < -0.39 is 5.06 Å². The van der Waals surface area contributed by atoms with Crippen molar-refractivity contribution in [2.75, 3.05) is 0 Å². The summed E-state index contributed by atoms with van der Waals surface area (Å²) in [5.74, 6) is 1.44. The number of hydrogen-bond donors (Lipinski definition) is 1. The number of nitrogens with one attached hydrogen (secondary N) is 1. The van der Waals surface area contributed by atoms with Crippen molar-refractivity contribution in [1.82, 2.24) is 0 Å². The van der Waals surface area contributed by atoms with Gasteiger partial charge in [0.15, 0.2) is 5.94 Å². The molecule has 2 rings (SSSR count). The van der Waals surface area contributed by atoms with Crippen molar-refractivity contribution in [1.29, 1.82) is 0 Å². The molecule has 0 saturated carbocycles. The summed E-state index contributed by atoms with van der Waals surface area (Å²) < 4.78 is 0.497. The Morgan fingerprint density at radius 2 is 2.07 bits per heavy atom. The number of benzene rings is 1. The summed E-state index contributed by atoms with van der Waals surface area (Å²) in [7, 11) is 0. The van der Waals surface area contributed by atoms with Crippen LogP contribution < -0.4 is 5.06 Å². The Kier molecular flexibility index (Phi) is 1.90. The molecule has 0 saturated heterocycles. The van der Waals surface area contributed by atoms with E-state index in [1.165, 1.54) is 18.1 Å². The lowest BCUT2D eigenvalue weighted by Gasteiger charge is -2.23. The average molecular weight is 190 g/mol. The fraction of sp³-hybridized carbons (Fsp3) is 0. The zero-order valence-electron chi connectivity index (χ0n) is 7.06. The molecule has 1 aliphatic heterocycles. The Balaban J connectivity index is 2.68. The normalized spacial score (nSPS) is 19.6. The predicted molar refractivity (Wildman–Crippen MR) is 49.0 cm³/mol. The van der Waals surface area contributed by atoms with Crippen LogP contribution in [0.3, 0.4) is 0 Å². The van der Waals surface area contributed by atoms with Gasteiger partial charge in [0, 0.05) is 12.1 Å². The molecule has 5 heteroatoms. The number of carbonyl (C=O) groups excluding carboxylic acids is 1. The highest BCUT2D eigenvalue weighted by Gasteiger charge is 2.26. The number of hydroxylamine groups is 1. The van der Waals surface area contributed by atoms with E-state index in [1.54, 1.807) is 12.1 Å². The van der Waals surface area contributed by atoms with Crippen LogP contribution in [0.2, 0.25) is 0 Å². The maximum atomic E-state index is 11.5. The second kappa shape index (κ2) is 3.08. The van der Waals surface area contributed by atoms with Crippen LogP contribution in [0, 0.1) is 10.4 Å². The molecule has 0 bridgehead atoms. The van der Waals surface area contributed by atoms with Gasteiger partial charge in [-0.2, -0.15) is 4.74 Å². The molecule has 0 aliphatic carbocycles. The first kappa shape index (κ1) is 8.65. The lowest BCUT2D eigenvalue weighted by Crippen LogP contribution is -3.01. The van der Waals surface area contributed by atoms with E-state index in [-0.39, 0.29) is 17.1 Å². The molecule has 5 nitrogen and oxygen atoms in total. The van der Waals surface area contributed by atoms with Crippen LogP contribution in [0.4, 0.5) is 11.4 Å². The van der Waals surface area contributed by atoms with E-state index in [2.05, 4.69) is 0 Å². The molecular formula is C9H6N2O3. The van der Waals surface area contributed by atoms with E-state index in [9.17, 15) is 15.2 Å². The van der Waals surface area contributed by atoms with Gasteiger partial charge in [-0.1, -0.05) is 12.1 Å². The molecule has 1 atom stereocenters. The summed E-state index contributed by atoms with van der Waals surface area (Å²) in [6, 6.07) is 6.32. The SMILES string of the molecule is O=C=C1C=[N+]([O-])c2ccccc2[NH+]1[O-]. The summed E-state index contributed by atoms with van der Waals surface area (Å²) >= 11 is 0. The molecule has 1 heterocycles. The topological polar surface area (TPSA) is 70.6 Å². The van der Waals surface area contributed by atoms with Gasteiger partial charge in [0.25, 0.3) is 17.6 Å². The fourth-order valence-corrected chi connectivity index (χ4v) is 1.32. The molecule has 1 aromatic carbocycles. The molecule has 0 spiro atoms. The van der Waals surface area contributed by atoms with Crippen molar-refractivity contribution in [2.24, 2.45) is 0 Å². The van der Waals surface area contributed by atoms with Gasteiger partial charge >= 0.3 is 0 Å². The summed E-state index contributed by atoms with van der Waals surface area (Å²) in [6.45, 7) is 0. The molecule has 0 fully saturated rings. The number of para-hydroxylation sites is 2. The Bertz CT molecular complexity index is 461. The first-order valence-corrected chi connectivity index (χ1v) is 3.94. The van der Waals surface area contributed by atoms with Crippen molar-refractivity contribution in [2.45, 2.75) is 0 Å². The van der Waals surface area contributed by atoms with E-state index >= 15 is 0 Å². The molecule has 0 aromatic heterocycles. The molecule has 14 heavy (non-hydrogen) atoms. The third-order valence-corrected chi connectivity index (χ3v) is 1.99. The molecule has 0 radical (unpaired) electrons. The van der Waals surface area contributed by atoms with E-state index in [4.69, 9.17) is 0 Å². The molecule has 0 amide bonds. The van der Waals surface area contributed by atoms with Gasteiger partial charge in [-0.3, -0.25) is 5.06 Å². The number of fused-ring (bicyclic) bond motifs is 1. The van der Waals surface area contributed by atoms with E-state index in [0.29, 0.717) is 4.74 Å². The van der Waals surface area contributed by atoms with E-state index in [0.717, 1.165) is 6.21 Å². The standard InChI is InChI=1S/C9H6N2O3/c12-6-7-5-10(13)8-3-1-2-4-9(8)11(7)14/h1-5,11H. The molecule has 1 aromatic rings. The quantitative estimate of drug-likeness (QED) is 0.345. The van der Waals surface area contributed by atoms with Crippen molar-refractivity contribution in [3.8, 4) is 0 Å². The predicted octanol–water partition coefficient (Wildman–Crippen LogP) is -0.358. The van der Waals surface area contributed by atoms with Gasteiger partial charge in [-0.15, -0.1) is 0 Å². The van der Waals surface area contributed by atoms with Crippen LogP contribution >= 0.6 is 0 Å². The number of rotatable bonds is 0. The summed E-state index contributed by atoms with van der Waals surface area (Å²) in [4.78, 5) is 10.3. The Morgan fingerprint density at radius 3 is 2.79 bits per heavy atom. The maximum Gasteiger partial charge on any atom is 0.286 e. The number of quaternary nitrogens is 1. The van der Waals surface area contributed by atoms with Crippen molar-refractivity contribution < 1.29 is 14.6 Å². The van der Waals surface area contributed by atoms with Crippen LogP contribution in [-0.4, -0.2) is 16.9 Å². The Hall–Kier alpha value is -1.94. The summed E-state index contributed by atoms with van der Waals surface area (Å²) in [6.07, 6.45) is 0.942. The highest BCUT2D eigenvalue weighted by molar-refractivity contribution is 5.86. The number of allylic oxidation sites excluding steroid dienone is 1. The smallest absolute Gasteiger partial charge is 0.286 e.